The number of allylic oxidation sites excluding steroid dienone is 5. The van der Waals surface area contributed by atoms with E-state index in [1.807, 2.05) is 0 Å². The Labute approximate surface area is 417 Å². The van der Waals surface area contributed by atoms with Gasteiger partial charge in [-0.2, -0.15) is 0 Å². The van der Waals surface area contributed by atoms with Crippen LogP contribution in [0.4, 0.5) is 5.69 Å². The van der Waals surface area contributed by atoms with E-state index in [1.54, 1.807) is 0 Å². The van der Waals surface area contributed by atoms with Crippen LogP contribution in [0.5, 0.6) is 0 Å². The lowest BCUT2D eigenvalue weighted by molar-refractivity contribution is 0.295. The van der Waals surface area contributed by atoms with Gasteiger partial charge in [-0.3, -0.25) is 0 Å². The van der Waals surface area contributed by atoms with Gasteiger partial charge < -0.3 is 4.90 Å². The quantitative estimate of drug-likeness (QED) is 0.147. The molecule has 3 aliphatic carbocycles. The molecule has 0 saturated heterocycles. The van der Waals surface area contributed by atoms with Crippen LogP contribution in [0.3, 0.4) is 0 Å². The highest BCUT2D eigenvalue weighted by molar-refractivity contribution is 6.05. The second-order valence-corrected chi connectivity index (χ2v) is 22.4. The molecular weight excluding hydrogens is 843 g/mol. The fourth-order valence-corrected chi connectivity index (χ4v) is 12.0. The van der Waals surface area contributed by atoms with Gasteiger partial charge in [0.1, 0.15) is 0 Å². The highest BCUT2D eigenvalue weighted by Crippen LogP contribution is 2.65. The summed E-state index contributed by atoms with van der Waals surface area (Å²) in [6.07, 6.45) is 13.8. The third kappa shape index (κ3) is 7.62. The van der Waals surface area contributed by atoms with E-state index in [1.165, 1.54) is 100 Å². The van der Waals surface area contributed by atoms with Crippen molar-refractivity contribution in [3.63, 3.8) is 0 Å². The van der Waals surface area contributed by atoms with Gasteiger partial charge >= 0.3 is 0 Å². The Morgan fingerprint density at radius 1 is 0.500 bits per heavy atom. The van der Waals surface area contributed by atoms with E-state index in [-0.39, 0.29) is 27.7 Å². The van der Waals surface area contributed by atoms with Crippen molar-refractivity contribution < 1.29 is 0 Å². The fourth-order valence-electron chi connectivity index (χ4n) is 12.0. The van der Waals surface area contributed by atoms with Crippen molar-refractivity contribution in [1.82, 2.24) is 0 Å². The van der Waals surface area contributed by atoms with E-state index < -0.39 is 0 Å². The number of rotatable bonds is 8. The van der Waals surface area contributed by atoms with E-state index in [9.17, 15) is 0 Å². The normalized spacial score (nSPS) is 19.8. The second kappa shape index (κ2) is 17.3. The molecule has 1 heteroatoms. The van der Waals surface area contributed by atoms with Crippen LogP contribution in [0.1, 0.15) is 102 Å². The van der Waals surface area contributed by atoms with Gasteiger partial charge in [-0.15, -0.1) is 0 Å². The molecule has 0 saturated carbocycles. The van der Waals surface area contributed by atoms with Crippen LogP contribution in [0.2, 0.25) is 0 Å². The Morgan fingerprint density at radius 3 is 1.67 bits per heavy atom. The van der Waals surface area contributed by atoms with Crippen molar-refractivity contribution >= 4 is 27.6 Å². The Bertz CT molecular complexity index is 3350. The topological polar surface area (TPSA) is 3.24 Å². The van der Waals surface area contributed by atoms with Crippen molar-refractivity contribution in [2.75, 3.05) is 4.90 Å². The summed E-state index contributed by atoms with van der Waals surface area (Å²) in [5, 5.41) is 2.56. The molecule has 0 N–H and O–H groups in total. The minimum Gasteiger partial charge on any atom is -0.333 e. The monoisotopic (exact) mass is 908 g/mol. The number of fused-ring (bicyclic) bond motifs is 4. The molecule has 11 rings (SSSR count). The Kier molecular flexibility index (Phi) is 11.2. The van der Waals surface area contributed by atoms with Gasteiger partial charge in [0.25, 0.3) is 0 Å². The third-order valence-electron chi connectivity index (χ3n) is 16.2. The minimum absolute atomic E-state index is 0.000770. The maximum Gasteiger partial charge on any atom is 0.0632 e. The first-order valence-corrected chi connectivity index (χ1v) is 25.4. The molecule has 0 radical (unpaired) electrons. The fraction of sp³-hybridized carbons (Fsp3) is 0.217. The molecule has 1 nitrogen and oxygen atoms in total. The zero-order chi connectivity index (χ0) is 48.4. The van der Waals surface area contributed by atoms with Crippen LogP contribution < -0.4 is 4.90 Å². The first kappa shape index (κ1) is 45.2. The minimum atomic E-state index is -0.249. The zero-order valence-electron chi connectivity index (χ0n) is 42.2. The molecule has 70 heavy (non-hydrogen) atoms. The molecule has 0 aliphatic heterocycles. The number of hydrogen-bond acceptors (Lipinski definition) is 1. The van der Waals surface area contributed by atoms with Crippen LogP contribution in [-0.2, 0) is 16.2 Å². The van der Waals surface area contributed by atoms with E-state index in [2.05, 4.69) is 279 Å². The van der Waals surface area contributed by atoms with Crippen LogP contribution in [0.15, 0.2) is 224 Å². The van der Waals surface area contributed by atoms with Gasteiger partial charge in [-0.1, -0.05) is 256 Å². The van der Waals surface area contributed by atoms with Crippen molar-refractivity contribution in [2.24, 2.45) is 5.41 Å². The first-order chi connectivity index (χ1) is 33.7. The van der Waals surface area contributed by atoms with E-state index >= 15 is 0 Å². The molecule has 0 heterocycles. The maximum absolute atomic E-state index is 2.72. The molecule has 0 amide bonds. The average Bonchev–Trinajstić information content (AvgIpc) is 3.60. The highest BCUT2D eigenvalue weighted by Gasteiger charge is 2.57. The maximum atomic E-state index is 2.72. The van der Waals surface area contributed by atoms with Gasteiger partial charge in [0.15, 0.2) is 0 Å². The van der Waals surface area contributed by atoms with Gasteiger partial charge in [0, 0.05) is 22.2 Å². The molecule has 346 valence electrons. The van der Waals surface area contributed by atoms with Crippen LogP contribution in [-0.4, -0.2) is 6.04 Å². The Balaban J connectivity index is 1.11. The molecule has 8 aromatic rings. The summed E-state index contributed by atoms with van der Waals surface area (Å²) >= 11 is 0. The smallest absolute Gasteiger partial charge is 0.0632 e. The summed E-state index contributed by atoms with van der Waals surface area (Å²) in [4.78, 5) is 2.72. The molecule has 3 unspecified atom stereocenters. The van der Waals surface area contributed by atoms with Gasteiger partial charge in [0.2, 0.25) is 0 Å². The average molecular weight is 908 g/mol. The van der Waals surface area contributed by atoms with E-state index in [0.717, 1.165) is 12.8 Å². The largest absolute Gasteiger partial charge is 0.333 e. The molecular formula is C69H65N. The number of anilines is 1. The number of hydrogen-bond donors (Lipinski definition) is 0. The summed E-state index contributed by atoms with van der Waals surface area (Å²) in [5.74, 6) is 0. The standard InChI is InChI=1S/C69H65N/c1-66(2,3)54-44-52(45-55(46-54)67(4,5)6)57-30-19-24-51-25-20-31-59(64(51)57)58-28-16-18-33-62(58)70(56-41-39-50(40-42-56)49-37-35-48(36-38-49)47-22-11-9-12-23-47)63-34-21-43-68(7)65(63)60-29-15-17-32-61(60)69(68,8)53-26-13-10-14-27-53/h9-32,34-42,44-46,62H,33,43H2,1-8H3. The number of nitrogens with zero attached hydrogens (tertiary/aromatic N) is 1. The summed E-state index contributed by atoms with van der Waals surface area (Å²) in [5.41, 5.74) is 20.3. The zero-order valence-corrected chi connectivity index (χ0v) is 42.2. The van der Waals surface area contributed by atoms with Crippen LogP contribution in [0.25, 0.3) is 55.3 Å². The molecule has 0 fully saturated rings. The predicted octanol–water partition coefficient (Wildman–Crippen LogP) is 18.4. The molecule has 0 bridgehead atoms. The Morgan fingerprint density at radius 2 is 1.04 bits per heavy atom. The van der Waals surface area contributed by atoms with E-state index in [0.29, 0.717) is 0 Å². The van der Waals surface area contributed by atoms with Gasteiger partial charge in [-0.05, 0) is 131 Å². The molecule has 3 atom stereocenters. The molecule has 0 spiro atoms. The summed E-state index contributed by atoms with van der Waals surface area (Å²) in [6.45, 7) is 19.1. The summed E-state index contributed by atoms with van der Waals surface area (Å²) in [7, 11) is 0. The van der Waals surface area contributed by atoms with Crippen molar-refractivity contribution in [3.05, 3.63) is 258 Å². The molecule has 8 aromatic carbocycles. The lowest BCUT2D eigenvalue weighted by atomic mass is 9.58. The predicted molar refractivity (Wildman–Crippen MR) is 300 cm³/mol. The van der Waals surface area contributed by atoms with Crippen LogP contribution in [0, 0.1) is 5.41 Å². The van der Waals surface area contributed by atoms with Crippen molar-refractivity contribution in [3.8, 4) is 33.4 Å². The van der Waals surface area contributed by atoms with E-state index in [4.69, 9.17) is 0 Å². The SMILES string of the molecule is CC(C)(C)c1cc(-c2cccc3cccc(C4=CC=CCC4N(C4=C5c6ccccc6C(C)(c6ccccc6)C5(C)CC=C4)c4ccc(-c5ccc(-c6ccccc6)cc5)cc4)c23)cc(C(C)(C)C)c1. The molecule has 3 aliphatic rings. The lowest BCUT2D eigenvalue weighted by Crippen LogP contribution is -2.42. The van der Waals surface area contributed by atoms with Crippen molar-refractivity contribution in [1.29, 1.82) is 0 Å². The molecule has 0 aromatic heterocycles. The first-order valence-electron chi connectivity index (χ1n) is 25.4. The summed E-state index contributed by atoms with van der Waals surface area (Å²) in [6, 6.07) is 70.9. The summed E-state index contributed by atoms with van der Waals surface area (Å²) < 4.78 is 0. The van der Waals surface area contributed by atoms with Crippen molar-refractivity contribution in [2.45, 2.75) is 90.5 Å². The number of benzene rings is 8. The second-order valence-electron chi connectivity index (χ2n) is 22.4. The van der Waals surface area contributed by atoms with Gasteiger partial charge in [0.05, 0.1) is 6.04 Å². The Hall–Kier alpha value is -7.22. The lowest BCUT2D eigenvalue weighted by Gasteiger charge is -2.47. The highest BCUT2D eigenvalue weighted by atomic mass is 15.2. The third-order valence-corrected chi connectivity index (χ3v) is 16.2. The van der Waals surface area contributed by atoms with Crippen LogP contribution >= 0.6 is 0 Å². The van der Waals surface area contributed by atoms with Gasteiger partial charge in [-0.25, -0.2) is 0 Å².